The van der Waals surface area contributed by atoms with E-state index in [1.165, 1.54) is 32.1 Å². The molecule has 0 amide bonds. The molecular formula is C29H56O6. The van der Waals surface area contributed by atoms with E-state index in [9.17, 15) is 14.4 Å². The van der Waals surface area contributed by atoms with Crippen LogP contribution in [0.15, 0.2) is 0 Å². The molecule has 1 heterocycles. The van der Waals surface area contributed by atoms with Gasteiger partial charge in [0.25, 0.3) is 0 Å². The Hall–Kier alpha value is -1.59. The molecule has 0 spiro atoms. The second-order valence-electron chi connectivity index (χ2n) is 10.4. The second-order valence-corrected chi connectivity index (χ2v) is 10.4. The van der Waals surface area contributed by atoms with Crippen molar-refractivity contribution in [2.75, 3.05) is 6.61 Å². The van der Waals surface area contributed by atoms with Gasteiger partial charge in [0.15, 0.2) is 0 Å². The first-order valence-corrected chi connectivity index (χ1v) is 12.3. The molecule has 208 valence electrons. The van der Waals surface area contributed by atoms with E-state index in [1.54, 1.807) is 6.92 Å². The quantitative estimate of drug-likeness (QED) is 0.283. The van der Waals surface area contributed by atoms with E-state index in [0.29, 0.717) is 24.9 Å². The van der Waals surface area contributed by atoms with Crippen LogP contribution in [0.2, 0.25) is 0 Å². The van der Waals surface area contributed by atoms with E-state index < -0.39 is 12.1 Å². The van der Waals surface area contributed by atoms with Gasteiger partial charge in [0.1, 0.15) is 5.60 Å². The first-order valence-electron chi connectivity index (χ1n) is 12.3. The molecule has 1 saturated heterocycles. The zero-order chi connectivity index (χ0) is 22.8. The Bertz CT molecular complexity index is 644. The monoisotopic (exact) mass is 500 g/mol. The Morgan fingerprint density at radius 1 is 0.886 bits per heavy atom. The minimum atomic E-state index is -0.665. The van der Waals surface area contributed by atoms with Gasteiger partial charge in [0.05, 0.1) is 18.4 Å². The summed E-state index contributed by atoms with van der Waals surface area (Å²) < 4.78 is 15.7. The molecule has 6 nitrogen and oxygen atoms in total. The van der Waals surface area contributed by atoms with Gasteiger partial charge in [-0.25, -0.2) is 4.79 Å². The summed E-state index contributed by atoms with van der Waals surface area (Å²) in [4.78, 5) is 34.3. The molecule has 5 rings (SSSR count). The van der Waals surface area contributed by atoms with E-state index >= 15 is 0 Å². The van der Waals surface area contributed by atoms with E-state index in [2.05, 4.69) is 18.6 Å². The Morgan fingerprint density at radius 2 is 1.34 bits per heavy atom. The minimum absolute atomic E-state index is 0. The van der Waals surface area contributed by atoms with Gasteiger partial charge in [-0.2, -0.15) is 0 Å². The van der Waals surface area contributed by atoms with Crippen molar-refractivity contribution in [3.63, 3.8) is 0 Å². The first kappa shape index (κ1) is 35.6. The molecule has 0 radical (unpaired) electrons. The van der Waals surface area contributed by atoms with E-state index in [1.807, 2.05) is 13.8 Å². The lowest BCUT2D eigenvalue weighted by atomic mass is 9.50. The normalized spacial score (nSPS) is 33.1. The Kier molecular flexibility index (Phi) is 15.1. The fourth-order valence-corrected chi connectivity index (χ4v) is 5.78. The standard InChI is InChI=1S/C16H26O2.C9H14O4.4CH4/c1-4-10(2)15(17)18-16(3)13-6-11-5-12(8-13)9-14(16)7-11;1-3-6(2)8(10)13-7-4-5-12-9(7)11;;;;/h10-14H,4-9H2,1-3H3;6-7H,3-5H2,1-2H3;4*1H4. The average Bonchev–Trinajstić information content (AvgIpc) is 3.15. The predicted octanol–water partition coefficient (Wildman–Crippen LogP) is 7.23. The van der Waals surface area contributed by atoms with Crippen molar-refractivity contribution in [2.45, 2.75) is 127 Å². The lowest BCUT2D eigenvalue weighted by Gasteiger charge is -2.59. The lowest BCUT2D eigenvalue weighted by Crippen LogP contribution is -2.58. The summed E-state index contributed by atoms with van der Waals surface area (Å²) in [6.07, 6.45) is 8.09. The number of esters is 3. The van der Waals surface area contributed by atoms with Crippen molar-refractivity contribution < 1.29 is 28.6 Å². The highest BCUT2D eigenvalue weighted by Gasteiger charge is 2.57. The molecule has 5 aliphatic rings. The summed E-state index contributed by atoms with van der Waals surface area (Å²) in [6.45, 7) is 10.3. The van der Waals surface area contributed by atoms with Crippen molar-refractivity contribution >= 4 is 17.9 Å². The smallest absolute Gasteiger partial charge is 0.347 e. The van der Waals surface area contributed by atoms with Gasteiger partial charge in [0.2, 0.25) is 6.10 Å². The number of ether oxygens (including phenoxy) is 3. The molecular weight excluding hydrogens is 444 g/mol. The second kappa shape index (κ2) is 14.8. The van der Waals surface area contributed by atoms with Crippen LogP contribution in [-0.4, -0.2) is 36.2 Å². The van der Waals surface area contributed by atoms with Crippen LogP contribution in [0.1, 0.15) is 116 Å². The van der Waals surface area contributed by atoms with E-state index in [4.69, 9.17) is 9.47 Å². The van der Waals surface area contributed by atoms with Gasteiger partial charge in [-0.1, -0.05) is 57.4 Å². The van der Waals surface area contributed by atoms with Crippen LogP contribution < -0.4 is 0 Å². The SMILES string of the molecule is C.C.C.C.CCC(C)C(=O)OC1(C)C2CC3CC(C2)CC1C3.CCC(C)C(=O)OC1CCOC1=O. The van der Waals surface area contributed by atoms with E-state index in [0.717, 1.165) is 24.7 Å². The fourth-order valence-electron chi connectivity index (χ4n) is 5.78. The third-order valence-corrected chi connectivity index (χ3v) is 8.25. The van der Waals surface area contributed by atoms with Crippen molar-refractivity contribution in [1.29, 1.82) is 0 Å². The zero-order valence-electron chi connectivity index (χ0n) is 19.9. The maximum absolute atomic E-state index is 12.1. The van der Waals surface area contributed by atoms with Crippen LogP contribution in [0.3, 0.4) is 0 Å². The zero-order valence-corrected chi connectivity index (χ0v) is 19.9. The first-order chi connectivity index (χ1) is 14.7. The third-order valence-electron chi connectivity index (χ3n) is 8.25. The Labute approximate surface area is 216 Å². The van der Waals surface area contributed by atoms with E-state index in [-0.39, 0.29) is 59.1 Å². The van der Waals surface area contributed by atoms with Crippen LogP contribution >= 0.6 is 0 Å². The van der Waals surface area contributed by atoms with Crippen LogP contribution in [0.5, 0.6) is 0 Å². The maximum atomic E-state index is 12.1. The van der Waals surface area contributed by atoms with Gasteiger partial charge in [0, 0.05) is 6.42 Å². The van der Waals surface area contributed by atoms with Crippen molar-refractivity contribution in [2.24, 2.45) is 35.5 Å². The van der Waals surface area contributed by atoms with Gasteiger partial charge in [-0.05, 0) is 75.5 Å². The summed E-state index contributed by atoms with van der Waals surface area (Å²) in [5, 5.41) is 0. The molecule has 4 saturated carbocycles. The number of carbonyl (C=O) groups excluding carboxylic acids is 3. The van der Waals surface area contributed by atoms with Gasteiger partial charge >= 0.3 is 17.9 Å². The molecule has 4 aliphatic carbocycles. The molecule has 35 heavy (non-hydrogen) atoms. The van der Waals surface area contributed by atoms with Crippen molar-refractivity contribution in [1.82, 2.24) is 0 Å². The lowest BCUT2D eigenvalue weighted by molar-refractivity contribution is -0.206. The van der Waals surface area contributed by atoms with Crippen LogP contribution in [-0.2, 0) is 28.6 Å². The van der Waals surface area contributed by atoms with Crippen LogP contribution in [0.25, 0.3) is 0 Å². The van der Waals surface area contributed by atoms with Crippen molar-refractivity contribution in [3.05, 3.63) is 0 Å². The predicted molar refractivity (Wildman–Crippen MR) is 143 cm³/mol. The highest BCUT2D eigenvalue weighted by molar-refractivity contribution is 5.81. The summed E-state index contributed by atoms with van der Waals surface area (Å²) in [7, 11) is 0. The number of rotatable bonds is 6. The van der Waals surface area contributed by atoms with Gasteiger partial charge in [-0.3, -0.25) is 9.59 Å². The number of hydrogen-bond acceptors (Lipinski definition) is 6. The Morgan fingerprint density at radius 3 is 1.74 bits per heavy atom. The topological polar surface area (TPSA) is 78.9 Å². The summed E-state index contributed by atoms with van der Waals surface area (Å²) in [6, 6.07) is 0. The largest absolute Gasteiger partial charge is 0.463 e. The minimum Gasteiger partial charge on any atom is -0.463 e. The fraction of sp³-hybridized carbons (Fsp3) is 0.897. The maximum Gasteiger partial charge on any atom is 0.347 e. The third kappa shape index (κ3) is 7.95. The molecule has 5 fully saturated rings. The average molecular weight is 501 g/mol. The molecule has 1 aliphatic heterocycles. The highest BCUT2D eigenvalue weighted by Crippen LogP contribution is 2.59. The molecule has 0 aromatic rings. The number of cyclic esters (lactones) is 1. The molecule has 3 atom stereocenters. The molecule has 0 N–H and O–H groups in total. The molecule has 6 heteroatoms. The van der Waals surface area contributed by atoms with Gasteiger partial charge in [-0.15, -0.1) is 0 Å². The number of carbonyl (C=O) groups is 3. The molecule has 4 bridgehead atoms. The summed E-state index contributed by atoms with van der Waals surface area (Å²) in [5.74, 6) is 2.36. The summed E-state index contributed by atoms with van der Waals surface area (Å²) in [5.41, 5.74) is -0.145. The number of hydrogen-bond donors (Lipinski definition) is 0. The van der Waals surface area contributed by atoms with Crippen LogP contribution in [0, 0.1) is 35.5 Å². The van der Waals surface area contributed by atoms with Crippen molar-refractivity contribution in [3.8, 4) is 0 Å². The Balaban J connectivity index is 0. The molecule has 0 aromatic heterocycles. The molecule has 3 unspecified atom stereocenters. The highest BCUT2D eigenvalue weighted by atomic mass is 16.6. The molecule has 0 aromatic carbocycles. The summed E-state index contributed by atoms with van der Waals surface area (Å²) >= 11 is 0. The van der Waals surface area contributed by atoms with Crippen LogP contribution in [0.4, 0.5) is 0 Å². The van der Waals surface area contributed by atoms with Gasteiger partial charge < -0.3 is 14.2 Å².